The number of hydrazine groups is 1. The minimum atomic E-state index is -4.71. The molecule has 11 heteroatoms. The Balaban J connectivity index is 1.36. The third kappa shape index (κ3) is 5.45. The summed E-state index contributed by atoms with van der Waals surface area (Å²) in [5.41, 5.74) is 3.41. The number of carbonyl (C=O) groups is 1. The monoisotopic (exact) mass is 458 g/mol. The molecule has 0 saturated carbocycles. The van der Waals surface area contributed by atoms with E-state index in [2.05, 4.69) is 20.0 Å². The zero-order chi connectivity index (χ0) is 22.8. The number of alkyl halides is 3. The number of aliphatic hydroxyl groups excluding tert-OH is 1. The van der Waals surface area contributed by atoms with Gasteiger partial charge in [-0.1, -0.05) is 0 Å². The van der Waals surface area contributed by atoms with Crippen LogP contribution in [0.1, 0.15) is 19.3 Å². The van der Waals surface area contributed by atoms with Crippen LogP contribution in [0.25, 0.3) is 0 Å². The van der Waals surface area contributed by atoms with Gasteiger partial charge < -0.3 is 19.5 Å². The summed E-state index contributed by atoms with van der Waals surface area (Å²) in [6, 6.07) is 5.56. The number of rotatable bonds is 6. The van der Waals surface area contributed by atoms with Gasteiger partial charge in [-0.15, -0.1) is 13.2 Å². The highest BCUT2D eigenvalue weighted by molar-refractivity contribution is 5.76. The van der Waals surface area contributed by atoms with Gasteiger partial charge in [0.25, 0.3) is 0 Å². The van der Waals surface area contributed by atoms with Gasteiger partial charge in [-0.25, -0.2) is 5.43 Å². The summed E-state index contributed by atoms with van der Waals surface area (Å²) in [5.74, 6) is -0.269. The molecule has 0 aliphatic carbocycles. The number of hydrogen-bond acceptors (Lipinski definition) is 7. The van der Waals surface area contributed by atoms with Crippen LogP contribution in [0.3, 0.4) is 0 Å². The first-order chi connectivity index (χ1) is 15.3. The van der Waals surface area contributed by atoms with Crippen LogP contribution in [0.5, 0.6) is 5.75 Å². The van der Waals surface area contributed by atoms with Crippen LogP contribution in [-0.4, -0.2) is 91.4 Å². The number of carbonyl (C=O) groups excluding carboxylic acids is 1. The van der Waals surface area contributed by atoms with Gasteiger partial charge in [0.1, 0.15) is 5.75 Å². The molecule has 3 heterocycles. The molecule has 0 bridgehead atoms. The van der Waals surface area contributed by atoms with E-state index in [0.717, 1.165) is 25.1 Å². The van der Waals surface area contributed by atoms with E-state index in [1.165, 1.54) is 12.1 Å². The predicted molar refractivity (Wildman–Crippen MR) is 110 cm³/mol. The summed E-state index contributed by atoms with van der Waals surface area (Å²) in [6.45, 7) is 4.37. The Morgan fingerprint density at radius 1 is 1.22 bits per heavy atom. The van der Waals surface area contributed by atoms with Gasteiger partial charge in [-0.05, 0) is 37.1 Å². The number of anilines is 1. The molecule has 3 saturated heterocycles. The molecule has 3 aliphatic rings. The smallest absolute Gasteiger partial charge is 0.406 e. The van der Waals surface area contributed by atoms with Crippen molar-refractivity contribution in [3.8, 4) is 5.75 Å². The minimum Gasteiger partial charge on any atom is -0.406 e. The molecule has 1 aromatic rings. The second-order valence-corrected chi connectivity index (χ2v) is 8.56. The van der Waals surface area contributed by atoms with E-state index < -0.39 is 12.0 Å². The predicted octanol–water partition coefficient (Wildman–Crippen LogP) is 1.35. The number of morpholine rings is 1. The van der Waals surface area contributed by atoms with Crippen molar-refractivity contribution in [1.82, 2.24) is 15.3 Å². The lowest BCUT2D eigenvalue weighted by molar-refractivity contribution is -0.274. The van der Waals surface area contributed by atoms with E-state index in [-0.39, 0.29) is 30.7 Å². The summed E-state index contributed by atoms with van der Waals surface area (Å²) in [7, 11) is 0. The van der Waals surface area contributed by atoms with E-state index in [0.29, 0.717) is 39.3 Å². The normalized spacial score (nSPS) is 25.5. The maximum absolute atomic E-state index is 12.5. The number of hydrogen-bond donors (Lipinski definition) is 2. The van der Waals surface area contributed by atoms with Crippen molar-refractivity contribution in [3.63, 3.8) is 0 Å². The fourth-order valence-corrected chi connectivity index (χ4v) is 4.72. The number of benzene rings is 1. The average Bonchev–Trinajstić information content (AvgIpc) is 3.42. The van der Waals surface area contributed by atoms with Crippen molar-refractivity contribution in [2.24, 2.45) is 0 Å². The van der Waals surface area contributed by atoms with E-state index in [4.69, 9.17) is 4.74 Å². The molecule has 1 amide bonds. The quantitative estimate of drug-likeness (QED) is 0.667. The molecular weight excluding hydrogens is 429 g/mol. The van der Waals surface area contributed by atoms with Gasteiger partial charge in [-0.3, -0.25) is 14.7 Å². The van der Waals surface area contributed by atoms with Crippen LogP contribution in [0, 0.1) is 0 Å². The molecule has 2 unspecified atom stereocenters. The van der Waals surface area contributed by atoms with Crippen molar-refractivity contribution in [2.45, 2.75) is 37.3 Å². The van der Waals surface area contributed by atoms with E-state index >= 15 is 0 Å². The zero-order valence-corrected chi connectivity index (χ0v) is 17.8. The number of aliphatic hydroxyl groups is 1. The van der Waals surface area contributed by atoms with Crippen LogP contribution < -0.4 is 15.1 Å². The molecule has 0 radical (unpaired) electrons. The van der Waals surface area contributed by atoms with Crippen molar-refractivity contribution in [1.29, 1.82) is 0 Å². The number of amides is 1. The molecular formula is C21H29F3N4O4. The maximum Gasteiger partial charge on any atom is 0.573 e. The van der Waals surface area contributed by atoms with Crippen LogP contribution in [0.15, 0.2) is 24.3 Å². The fourth-order valence-electron chi connectivity index (χ4n) is 4.72. The zero-order valence-electron chi connectivity index (χ0n) is 17.8. The number of nitrogens with one attached hydrogen (secondary N) is 1. The van der Waals surface area contributed by atoms with E-state index in [1.807, 2.05) is 0 Å². The molecule has 1 spiro atoms. The summed E-state index contributed by atoms with van der Waals surface area (Å²) in [5, 5.41) is 11.6. The van der Waals surface area contributed by atoms with E-state index in [9.17, 15) is 23.1 Å². The van der Waals surface area contributed by atoms with Gasteiger partial charge in [-0.2, -0.15) is 0 Å². The molecule has 0 aromatic heterocycles. The molecule has 2 N–H and O–H groups in total. The van der Waals surface area contributed by atoms with E-state index in [1.54, 1.807) is 17.1 Å². The molecule has 3 aliphatic heterocycles. The van der Waals surface area contributed by atoms with Gasteiger partial charge >= 0.3 is 6.36 Å². The Labute approximate surface area is 184 Å². The Morgan fingerprint density at radius 2 is 2.00 bits per heavy atom. The van der Waals surface area contributed by atoms with Gasteiger partial charge in [0, 0.05) is 57.4 Å². The third-order valence-corrected chi connectivity index (χ3v) is 6.33. The molecule has 3 fully saturated rings. The minimum absolute atomic E-state index is 0.0173. The number of nitrogens with zero attached hydrogens (tertiary/aromatic N) is 3. The van der Waals surface area contributed by atoms with Crippen LogP contribution >= 0.6 is 0 Å². The highest BCUT2D eigenvalue weighted by atomic mass is 19.4. The lowest BCUT2D eigenvalue weighted by Gasteiger charge is -2.43. The van der Waals surface area contributed by atoms with Crippen molar-refractivity contribution in [2.75, 3.05) is 57.4 Å². The maximum atomic E-state index is 12.5. The van der Waals surface area contributed by atoms with Gasteiger partial charge in [0.2, 0.25) is 5.91 Å². The Hall–Kier alpha value is -2.08. The molecule has 8 nitrogen and oxygen atoms in total. The molecule has 2 atom stereocenters. The summed E-state index contributed by atoms with van der Waals surface area (Å²) >= 11 is 0. The second kappa shape index (κ2) is 9.42. The lowest BCUT2D eigenvalue weighted by atomic mass is 9.98. The fraction of sp³-hybridized carbons (Fsp3) is 0.667. The lowest BCUT2D eigenvalue weighted by Crippen LogP contribution is -2.57. The number of halogens is 3. The first kappa shape index (κ1) is 23.1. The van der Waals surface area contributed by atoms with Crippen LogP contribution in [0.2, 0.25) is 0 Å². The third-order valence-electron chi connectivity index (χ3n) is 6.33. The van der Waals surface area contributed by atoms with Crippen molar-refractivity contribution in [3.05, 3.63) is 24.3 Å². The first-order valence-electron chi connectivity index (χ1n) is 10.9. The highest BCUT2D eigenvalue weighted by Gasteiger charge is 2.44. The highest BCUT2D eigenvalue weighted by Crippen LogP contribution is 2.34. The van der Waals surface area contributed by atoms with Crippen molar-refractivity contribution < 1.29 is 32.5 Å². The Bertz CT molecular complexity index is 788. The van der Waals surface area contributed by atoms with Crippen LogP contribution in [0.4, 0.5) is 18.9 Å². The standard InChI is InChI=1S/C21H29F3N4O4/c22-21(23,24)32-18-4-2-16(3-5-18)26-9-6-20(14-26)15-27(10-11-31-20)17(13-29)12-19(30)28-8-1-7-25-28/h2-5,17,25,29H,1,6-15H2. The topological polar surface area (TPSA) is 77.5 Å². The second-order valence-electron chi connectivity index (χ2n) is 8.56. The molecule has 4 rings (SSSR count). The first-order valence-corrected chi connectivity index (χ1v) is 10.9. The van der Waals surface area contributed by atoms with Gasteiger partial charge in [0.15, 0.2) is 0 Å². The molecule has 1 aromatic carbocycles. The molecule has 178 valence electrons. The molecule has 32 heavy (non-hydrogen) atoms. The summed E-state index contributed by atoms with van der Waals surface area (Å²) < 4.78 is 47.2. The SMILES string of the molecule is O=C(CC(CO)N1CCOC2(CCN(c3ccc(OC(F)(F)F)cc3)C2)C1)N1CCCN1. The Morgan fingerprint density at radius 3 is 2.66 bits per heavy atom. The largest absolute Gasteiger partial charge is 0.573 e. The Kier molecular flexibility index (Phi) is 6.80. The number of ether oxygens (including phenoxy) is 2. The summed E-state index contributed by atoms with van der Waals surface area (Å²) in [4.78, 5) is 16.7. The summed E-state index contributed by atoms with van der Waals surface area (Å²) in [6.07, 6.45) is -2.79. The van der Waals surface area contributed by atoms with Gasteiger partial charge in [0.05, 0.1) is 18.8 Å². The average molecular weight is 458 g/mol. The van der Waals surface area contributed by atoms with Crippen molar-refractivity contribution >= 4 is 11.6 Å². The van der Waals surface area contributed by atoms with Crippen LogP contribution in [-0.2, 0) is 9.53 Å².